The van der Waals surface area contributed by atoms with Crippen molar-refractivity contribution in [1.29, 1.82) is 0 Å². The Labute approximate surface area is 161 Å². The molecular weight excluding hydrogens is 368 g/mol. The lowest BCUT2D eigenvalue weighted by Crippen LogP contribution is -2.41. The van der Waals surface area contributed by atoms with Gasteiger partial charge in [-0.15, -0.1) is 0 Å². The van der Waals surface area contributed by atoms with Gasteiger partial charge in [0.15, 0.2) is 0 Å². The number of para-hydroxylation sites is 1. The van der Waals surface area contributed by atoms with Gasteiger partial charge in [-0.3, -0.25) is 4.79 Å². The molecule has 0 bridgehead atoms. The summed E-state index contributed by atoms with van der Waals surface area (Å²) in [6.45, 7) is 0.135. The largest absolute Gasteiger partial charge is 0.465 e. The lowest BCUT2D eigenvalue weighted by atomic mass is 10.1. The lowest BCUT2D eigenvalue weighted by Gasteiger charge is -2.28. The fourth-order valence-corrected chi connectivity index (χ4v) is 4.64. The second-order valence-corrected chi connectivity index (χ2v) is 8.79. The molecule has 7 nitrogen and oxygen atoms in total. The maximum atomic E-state index is 12.4. The first-order chi connectivity index (χ1) is 12.8. The third-order valence-corrected chi connectivity index (χ3v) is 6.16. The zero-order chi connectivity index (χ0) is 19.9. The predicted octanol–water partition coefficient (Wildman–Crippen LogP) is 2.79. The van der Waals surface area contributed by atoms with E-state index in [0.717, 1.165) is 38.5 Å². The number of carbonyl (C=O) groups is 2. The minimum atomic E-state index is -3.40. The number of nitrogens with one attached hydrogen (secondary N) is 1. The van der Waals surface area contributed by atoms with Gasteiger partial charge in [-0.2, -0.15) is 4.31 Å². The molecule has 0 heterocycles. The van der Waals surface area contributed by atoms with Gasteiger partial charge in [-0.1, -0.05) is 37.8 Å². The van der Waals surface area contributed by atoms with Gasteiger partial charge >= 0.3 is 5.97 Å². The van der Waals surface area contributed by atoms with E-state index in [1.165, 1.54) is 17.7 Å². The number of sulfonamides is 1. The first-order valence-electron chi connectivity index (χ1n) is 9.27. The Balaban J connectivity index is 2.03. The summed E-state index contributed by atoms with van der Waals surface area (Å²) >= 11 is 0. The maximum absolute atomic E-state index is 12.4. The van der Waals surface area contributed by atoms with Gasteiger partial charge in [0.25, 0.3) is 0 Å². The summed E-state index contributed by atoms with van der Waals surface area (Å²) in [5, 5.41) is 2.69. The second-order valence-electron chi connectivity index (χ2n) is 6.85. The smallest absolute Gasteiger partial charge is 0.339 e. The molecule has 27 heavy (non-hydrogen) atoms. The van der Waals surface area contributed by atoms with E-state index in [2.05, 4.69) is 5.32 Å². The van der Waals surface area contributed by atoms with E-state index < -0.39 is 16.0 Å². The quantitative estimate of drug-likeness (QED) is 0.565. The van der Waals surface area contributed by atoms with Crippen LogP contribution in [0.1, 0.15) is 55.3 Å². The topological polar surface area (TPSA) is 92.8 Å². The maximum Gasteiger partial charge on any atom is 0.339 e. The predicted molar refractivity (Wildman–Crippen MR) is 104 cm³/mol. The Morgan fingerprint density at radius 1 is 1.15 bits per heavy atom. The van der Waals surface area contributed by atoms with Crippen LogP contribution in [0.4, 0.5) is 5.69 Å². The molecule has 0 spiro atoms. The number of benzene rings is 1. The number of esters is 1. The Kier molecular flexibility index (Phi) is 7.79. The number of ether oxygens (including phenoxy) is 1. The van der Waals surface area contributed by atoms with Crippen LogP contribution in [0.3, 0.4) is 0 Å². The molecule has 1 aliphatic carbocycles. The molecule has 1 saturated carbocycles. The van der Waals surface area contributed by atoms with E-state index in [0.29, 0.717) is 5.69 Å². The average molecular weight is 397 g/mol. The van der Waals surface area contributed by atoms with Crippen molar-refractivity contribution in [3.05, 3.63) is 29.8 Å². The molecule has 0 aromatic heterocycles. The van der Waals surface area contributed by atoms with Crippen molar-refractivity contribution in [2.24, 2.45) is 0 Å². The normalized spacial score (nSPS) is 16.0. The van der Waals surface area contributed by atoms with Crippen molar-refractivity contribution in [3.63, 3.8) is 0 Å². The number of anilines is 1. The van der Waals surface area contributed by atoms with Crippen molar-refractivity contribution in [3.8, 4) is 0 Å². The summed E-state index contributed by atoms with van der Waals surface area (Å²) in [7, 11) is -2.12. The summed E-state index contributed by atoms with van der Waals surface area (Å²) in [5.74, 6) is -0.879. The molecule has 0 aliphatic heterocycles. The summed E-state index contributed by atoms with van der Waals surface area (Å²) in [6, 6.07) is 6.52. The van der Waals surface area contributed by atoms with Gasteiger partial charge < -0.3 is 10.1 Å². The first-order valence-corrected chi connectivity index (χ1v) is 11.1. The van der Waals surface area contributed by atoms with Crippen LogP contribution in [0.15, 0.2) is 24.3 Å². The van der Waals surface area contributed by atoms with Crippen LogP contribution in [0.25, 0.3) is 0 Å². The molecule has 1 aliphatic rings. The van der Waals surface area contributed by atoms with Gasteiger partial charge in [0.1, 0.15) is 0 Å². The molecule has 1 amide bonds. The van der Waals surface area contributed by atoms with Crippen LogP contribution in [-0.4, -0.2) is 50.6 Å². The number of amides is 1. The Hall–Kier alpha value is -1.93. The zero-order valence-corrected chi connectivity index (χ0v) is 16.8. The SMILES string of the molecule is COC(=O)c1ccccc1NC(=O)CCN(C1CCCCCC1)S(C)(=O)=O. The minimum absolute atomic E-state index is 0.0269. The van der Waals surface area contributed by atoms with E-state index in [1.54, 1.807) is 24.3 Å². The molecule has 0 unspecified atom stereocenters. The van der Waals surface area contributed by atoms with Crippen LogP contribution >= 0.6 is 0 Å². The number of hydrogen-bond donors (Lipinski definition) is 1. The molecule has 150 valence electrons. The van der Waals surface area contributed by atoms with Crippen LogP contribution in [0, 0.1) is 0 Å². The number of rotatable bonds is 7. The molecule has 8 heteroatoms. The van der Waals surface area contributed by atoms with Crippen molar-refractivity contribution in [2.45, 2.75) is 51.0 Å². The second kappa shape index (κ2) is 9.85. The van der Waals surface area contributed by atoms with Gasteiger partial charge in [0.05, 0.1) is 24.6 Å². The Bertz CT molecular complexity index is 755. The van der Waals surface area contributed by atoms with Crippen molar-refractivity contribution < 1.29 is 22.7 Å². The third-order valence-electron chi connectivity index (χ3n) is 4.82. The van der Waals surface area contributed by atoms with E-state index in [9.17, 15) is 18.0 Å². The molecule has 1 fully saturated rings. The molecule has 2 rings (SSSR count). The Morgan fingerprint density at radius 2 is 1.78 bits per heavy atom. The molecule has 0 atom stereocenters. The van der Waals surface area contributed by atoms with Crippen molar-refractivity contribution >= 4 is 27.6 Å². The fourth-order valence-electron chi connectivity index (χ4n) is 3.47. The highest BCUT2D eigenvalue weighted by atomic mass is 32.2. The molecule has 0 radical (unpaired) electrons. The average Bonchev–Trinajstić information content (AvgIpc) is 2.90. The fraction of sp³-hybridized carbons (Fsp3) is 0.579. The van der Waals surface area contributed by atoms with E-state index in [-0.39, 0.29) is 30.5 Å². The van der Waals surface area contributed by atoms with E-state index in [4.69, 9.17) is 4.74 Å². The summed E-state index contributed by atoms with van der Waals surface area (Å²) in [4.78, 5) is 24.2. The monoisotopic (exact) mass is 396 g/mol. The number of hydrogen-bond acceptors (Lipinski definition) is 5. The molecule has 1 aromatic carbocycles. The van der Waals surface area contributed by atoms with Gasteiger partial charge in [-0.05, 0) is 25.0 Å². The number of methoxy groups -OCH3 is 1. The van der Waals surface area contributed by atoms with E-state index >= 15 is 0 Å². The standard InChI is InChI=1S/C19H28N2O5S/c1-26-19(23)16-11-7-8-12-17(16)20-18(22)13-14-21(27(2,24)25)15-9-5-3-4-6-10-15/h7-8,11-12,15H,3-6,9-10,13-14H2,1-2H3,(H,20,22). The van der Waals surface area contributed by atoms with Crippen molar-refractivity contribution in [1.82, 2.24) is 4.31 Å². The van der Waals surface area contributed by atoms with Crippen LogP contribution in [-0.2, 0) is 19.6 Å². The summed E-state index contributed by atoms with van der Waals surface area (Å²) < 4.78 is 30.6. The molecule has 1 N–H and O–H groups in total. The summed E-state index contributed by atoms with van der Waals surface area (Å²) in [5.41, 5.74) is 0.617. The highest BCUT2D eigenvalue weighted by Gasteiger charge is 2.27. The van der Waals surface area contributed by atoms with Gasteiger partial charge in [0, 0.05) is 19.0 Å². The zero-order valence-electron chi connectivity index (χ0n) is 15.9. The van der Waals surface area contributed by atoms with Gasteiger partial charge in [0.2, 0.25) is 15.9 Å². The van der Waals surface area contributed by atoms with Crippen LogP contribution < -0.4 is 5.32 Å². The minimum Gasteiger partial charge on any atom is -0.465 e. The molecular formula is C19H28N2O5S. The van der Waals surface area contributed by atoms with E-state index in [1.807, 2.05) is 0 Å². The molecule has 1 aromatic rings. The van der Waals surface area contributed by atoms with Crippen molar-refractivity contribution in [2.75, 3.05) is 25.2 Å². The summed E-state index contributed by atoms with van der Waals surface area (Å²) in [6.07, 6.45) is 7.16. The number of carbonyl (C=O) groups excluding carboxylic acids is 2. The highest BCUT2D eigenvalue weighted by Crippen LogP contribution is 2.24. The lowest BCUT2D eigenvalue weighted by molar-refractivity contribution is -0.116. The molecule has 0 saturated heterocycles. The highest BCUT2D eigenvalue weighted by molar-refractivity contribution is 7.88. The van der Waals surface area contributed by atoms with Gasteiger partial charge in [-0.25, -0.2) is 13.2 Å². The number of nitrogens with zero attached hydrogens (tertiary/aromatic N) is 1. The van der Waals surface area contributed by atoms with Crippen LogP contribution in [0.5, 0.6) is 0 Å². The first kappa shape index (κ1) is 21.4. The van der Waals surface area contributed by atoms with Crippen LogP contribution in [0.2, 0.25) is 0 Å². The Morgan fingerprint density at radius 3 is 2.37 bits per heavy atom. The third kappa shape index (κ3) is 6.32.